The normalized spacial score (nSPS) is 16.3. The molecule has 8 heteroatoms. The second-order valence-corrected chi connectivity index (χ2v) is 7.55. The average molecular weight is 352 g/mol. The van der Waals surface area contributed by atoms with Crippen LogP contribution in [-0.4, -0.2) is 31.6 Å². The highest BCUT2D eigenvalue weighted by atomic mass is 35.5. The smallest absolute Gasteiger partial charge is 0.256 e. The number of halogens is 1. The summed E-state index contributed by atoms with van der Waals surface area (Å²) in [6, 6.07) is 9.68. The van der Waals surface area contributed by atoms with Crippen LogP contribution in [0.3, 0.4) is 0 Å². The van der Waals surface area contributed by atoms with Gasteiger partial charge in [0.2, 0.25) is 10.0 Å². The van der Waals surface area contributed by atoms with Crippen molar-refractivity contribution in [3.05, 3.63) is 53.2 Å². The molecule has 2 aromatic rings. The van der Waals surface area contributed by atoms with E-state index < -0.39 is 10.0 Å². The van der Waals surface area contributed by atoms with Gasteiger partial charge in [-0.15, -0.1) is 0 Å². The number of carbonyl (C=O) groups is 1. The summed E-state index contributed by atoms with van der Waals surface area (Å²) in [5, 5.41) is 3.14. The first-order chi connectivity index (χ1) is 11.0. The first kappa shape index (κ1) is 15.8. The van der Waals surface area contributed by atoms with Crippen LogP contribution in [0.25, 0.3) is 0 Å². The van der Waals surface area contributed by atoms with E-state index in [0.717, 1.165) is 0 Å². The predicted octanol–water partition coefficient (Wildman–Crippen LogP) is 2.53. The number of sulfonamides is 1. The molecule has 6 nitrogen and oxygen atoms in total. The fraction of sp³-hybridized carbons (Fsp3) is 0.200. The molecule has 1 aliphatic rings. The molecule has 0 saturated carbocycles. The highest BCUT2D eigenvalue weighted by Gasteiger charge is 2.28. The van der Waals surface area contributed by atoms with Crippen LogP contribution in [-0.2, 0) is 10.0 Å². The highest BCUT2D eigenvalue weighted by molar-refractivity contribution is 7.93. The summed E-state index contributed by atoms with van der Waals surface area (Å²) in [6.45, 7) is 0.475. The van der Waals surface area contributed by atoms with Crippen molar-refractivity contribution >= 4 is 39.0 Å². The van der Waals surface area contributed by atoms with Crippen molar-refractivity contribution in [2.75, 3.05) is 21.9 Å². The molecule has 1 amide bonds. The Balaban J connectivity index is 1.74. The lowest BCUT2D eigenvalue weighted by Crippen LogP contribution is -2.25. The Labute approximate surface area is 139 Å². The molecular weight excluding hydrogens is 338 g/mol. The van der Waals surface area contributed by atoms with Crippen LogP contribution in [0.15, 0.2) is 42.6 Å². The molecular formula is C15H14ClN3O3S. The number of nitrogens with one attached hydrogen (secondary N) is 1. The Hall–Kier alpha value is -2.12. The summed E-state index contributed by atoms with van der Waals surface area (Å²) in [4.78, 5) is 16.1. The van der Waals surface area contributed by atoms with Crippen LogP contribution in [0.4, 0.5) is 11.5 Å². The Morgan fingerprint density at radius 1 is 1.17 bits per heavy atom. The van der Waals surface area contributed by atoms with Crippen LogP contribution in [0.2, 0.25) is 5.02 Å². The first-order valence-electron chi connectivity index (χ1n) is 6.99. The Kier molecular flexibility index (Phi) is 4.23. The van der Waals surface area contributed by atoms with E-state index in [1.807, 2.05) is 0 Å². The quantitative estimate of drug-likeness (QED) is 0.921. The van der Waals surface area contributed by atoms with Crippen LogP contribution in [0.1, 0.15) is 16.8 Å². The standard InChI is InChI=1S/C15H14ClN3O3S/c16-12-4-7-14(17-10-12)18-15(20)11-2-5-13(6-3-11)19-8-1-9-23(19,21)22/h2-7,10H,1,8-9H2,(H,17,18,20). The Bertz CT molecular complexity index is 820. The molecule has 1 fully saturated rings. The van der Waals surface area contributed by atoms with Crippen molar-refractivity contribution in [1.29, 1.82) is 0 Å². The number of aromatic nitrogens is 1. The minimum absolute atomic E-state index is 0.164. The van der Waals surface area contributed by atoms with Gasteiger partial charge in [0.25, 0.3) is 5.91 Å². The molecule has 1 saturated heterocycles. The van der Waals surface area contributed by atoms with Gasteiger partial charge in [-0.2, -0.15) is 0 Å². The van der Waals surface area contributed by atoms with E-state index in [1.165, 1.54) is 10.5 Å². The number of anilines is 2. The molecule has 23 heavy (non-hydrogen) atoms. The molecule has 0 spiro atoms. The fourth-order valence-electron chi connectivity index (χ4n) is 2.35. The van der Waals surface area contributed by atoms with Gasteiger partial charge < -0.3 is 5.32 Å². The second kappa shape index (κ2) is 6.17. The Morgan fingerprint density at radius 2 is 1.91 bits per heavy atom. The van der Waals surface area contributed by atoms with Crippen molar-refractivity contribution in [2.24, 2.45) is 0 Å². The maximum absolute atomic E-state index is 12.1. The number of rotatable bonds is 3. The second-order valence-electron chi connectivity index (χ2n) is 5.10. The molecule has 0 radical (unpaired) electrons. The maximum Gasteiger partial charge on any atom is 0.256 e. The maximum atomic E-state index is 12.1. The van der Waals surface area contributed by atoms with Crippen molar-refractivity contribution < 1.29 is 13.2 Å². The summed E-state index contributed by atoms with van der Waals surface area (Å²) >= 11 is 5.74. The lowest BCUT2D eigenvalue weighted by molar-refractivity contribution is 0.102. The van der Waals surface area contributed by atoms with E-state index in [4.69, 9.17) is 11.6 Å². The number of carbonyl (C=O) groups excluding carboxylic acids is 1. The van der Waals surface area contributed by atoms with Crippen molar-refractivity contribution in [3.63, 3.8) is 0 Å². The topological polar surface area (TPSA) is 79.4 Å². The zero-order valence-corrected chi connectivity index (χ0v) is 13.6. The molecule has 0 aliphatic carbocycles. The van der Waals surface area contributed by atoms with Gasteiger partial charge in [0.1, 0.15) is 5.82 Å². The largest absolute Gasteiger partial charge is 0.307 e. The average Bonchev–Trinajstić information content (AvgIpc) is 2.89. The summed E-state index contributed by atoms with van der Waals surface area (Å²) in [6.07, 6.45) is 2.06. The van der Waals surface area contributed by atoms with Gasteiger partial charge in [-0.3, -0.25) is 9.10 Å². The zero-order valence-electron chi connectivity index (χ0n) is 12.1. The molecule has 0 atom stereocenters. The molecule has 0 bridgehead atoms. The summed E-state index contributed by atoms with van der Waals surface area (Å²) < 4.78 is 25.1. The molecule has 120 valence electrons. The van der Waals surface area contributed by atoms with E-state index in [1.54, 1.807) is 36.4 Å². The predicted molar refractivity (Wildman–Crippen MR) is 89.4 cm³/mol. The molecule has 1 aliphatic heterocycles. The molecule has 1 aromatic heterocycles. The van der Waals surface area contributed by atoms with Gasteiger partial charge in [-0.05, 0) is 42.8 Å². The molecule has 1 N–H and O–H groups in total. The van der Waals surface area contributed by atoms with Gasteiger partial charge in [-0.25, -0.2) is 13.4 Å². The highest BCUT2D eigenvalue weighted by Crippen LogP contribution is 2.24. The van der Waals surface area contributed by atoms with Crippen LogP contribution < -0.4 is 9.62 Å². The number of hydrogen-bond donors (Lipinski definition) is 1. The van der Waals surface area contributed by atoms with Crippen molar-refractivity contribution in [2.45, 2.75) is 6.42 Å². The van der Waals surface area contributed by atoms with Gasteiger partial charge in [-0.1, -0.05) is 11.6 Å². The molecule has 3 rings (SSSR count). The molecule has 2 heterocycles. The van der Waals surface area contributed by atoms with Crippen molar-refractivity contribution in [1.82, 2.24) is 4.98 Å². The fourth-order valence-corrected chi connectivity index (χ4v) is 4.02. The van der Waals surface area contributed by atoms with E-state index in [2.05, 4.69) is 10.3 Å². The van der Waals surface area contributed by atoms with Gasteiger partial charge in [0, 0.05) is 18.3 Å². The molecule has 0 unspecified atom stereocenters. The van der Waals surface area contributed by atoms with Crippen LogP contribution >= 0.6 is 11.6 Å². The Morgan fingerprint density at radius 3 is 2.48 bits per heavy atom. The number of hydrogen-bond acceptors (Lipinski definition) is 4. The molecule has 1 aromatic carbocycles. The lowest BCUT2D eigenvalue weighted by Gasteiger charge is -2.17. The lowest BCUT2D eigenvalue weighted by atomic mass is 10.2. The van der Waals surface area contributed by atoms with Gasteiger partial charge in [0.05, 0.1) is 16.5 Å². The monoisotopic (exact) mass is 351 g/mol. The summed E-state index contributed by atoms with van der Waals surface area (Å²) in [5.74, 6) is 0.235. The van der Waals surface area contributed by atoms with Crippen molar-refractivity contribution in [3.8, 4) is 0 Å². The third-order valence-corrected chi connectivity index (χ3v) is 5.58. The number of nitrogens with zero attached hydrogens (tertiary/aromatic N) is 2. The van der Waals surface area contributed by atoms with E-state index in [9.17, 15) is 13.2 Å². The SMILES string of the molecule is O=C(Nc1ccc(Cl)cn1)c1ccc(N2CCCS2(=O)=O)cc1. The number of benzene rings is 1. The third-order valence-electron chi connectivity index (χ3n) is 3.49. The van der Waals surface area contributed by atoms with Gasteiger partial charge >= 0.3 is 0 Å². The van der Waals surface area contributed by atoms with Gasteiger partial charge in [0.15, 0.2) is 0 Å². The minimum atomic E-state index is -3.22. The summed E-state index contributed by atoms with van der Waals surface area (Å²) in [7, 11) is -3.22. The zero-order chi connectivity index (χ0) is 16.4. The van der Waals surface area contributed by atoms with Crippen LogP contribution in [0, 0.1) is 0 Å². The minimum Gasteiger partial charge on any atom is -0.307 e. The number of amides is 1. The van der Waals surface area contributed by atoms with Crippen LogP contribution in [0.5, 0.6) is 0 Å². The number of pyridine rings is 1. The first-order valence-corrected chi connectivity index (χ1v) is 8.98. The summed E-state index contributed by atoms with van der Waals surface area (Å²) in [5.41, 5.74) is 0.991. The van der Waals surface area contributed by atoms with E-state index in [-0.39, 0.29) is 11.7 Å². The third kappa shape index (κ3) is 3.46. The van der Waals surface area contributed by atoms with E-state index in [0.29, 0.717) is 35.1 Å². The van der Waals surface area contributed by atoms with E-state index >= 15 is 0 Å².